The number of aromatic nitrogens is 1. The summed E-state index contributed by atoms with van der Waals surface area (Å²) in [7, 11) is -4.02. The van der Waals surface area contributed by atoms with Crippen molar-refractivity contribution in [1.82, 2.24) is 0 Å². The molecule has 1 atom stereocenters. The largest absolute Gasteiger partial charge is 0.294 e. The van der Waals surface area contributed by atoms with Gasteiger partial charge in [0.15, 0.2) is 12.4 Å². The Hall–Kier alpha value is -1.72. The van der Waals surface area contributed by atoms with Crippen LogP contribution < -0.4 is 4.98 Å². The van der Waals surface area contributed by atoms with Crippen LogP contribution in [0, 0.1) is 6.92 Å². The summed E-state index contributed by atoms with van der Waals surface area (Å²) in [5.74, 6) is 0.689. The molecular weight excluding hydrogens is 286 g/mol. The van der Waals surface area contributed by atoms with Crippen molar-refractivity contribution in [1.29, 1.82) is 0 Å². The zero-order valence-electron chi connectivity index (χ0n) is 12.6. The van der Waals surface area contributed by atoms with E-state index in [9.17, 15) is 8.42 Å². The summed E-state index contributed by atoms with van der Waals surface area (Å²) < 4.78 is 29.6. The lowest BCUT2D eigenvalue weighted by Gasteiger charge is -2.04. The van der Waals surface area contributed by atoms with Gasteiger partial charge in [0.25, 0.3) is 10.1 Å². The highest BCUT2D eigenvalue weighted by Crippen LogP contribution is 2.15. The topological polar surface area (TPSA) is 68.5 Å². The summed E-state index contributed by atoms with van der Waals surface area (Å²) >= 11 is 0. The van der Waals surface area contributed by atoms with Gasteiger partial charge in [-0.2, -0.15) is 8.42 Å². The molecule has 0 aliphatic carbocycles. The molecule has 0 fully saturated rings. The standard InChI is InChI=1S/C9H13N.C7H8O3S/c1-3-8(2)9-4-6-10-7-5-9;1-6-2-4-7(5-3-6)11(8,9)10/h4-8H,3H2,1-2H3;2-5H,1H3,(H,8,9,10)/p+1. The molecule has 4 nitrogen and oxygen atoms in total. The van der Waals surface area contributed by atoms with Crippen molar-refractivity contribution in [3.05, 3.63) is 59.9 Å². The van der Waals surface area contributed by atoms with Gasteiger partial charge >= 0.3 is 0 Å². The van der Waals surface area contributed by atoms with Crippen molar-refractivity contribution in [3.63, 3.8) is 0 Å². The molecule has 5 heteroatoms. The number of hydrogen-bond acceptors (Lipinski definition) is 2. The fourth-order valence-corrected chi connectivity index (χ4v) is 2.15. The van der Waals surface area contributed by atoms with Gasteiger partial charge in [-0.05, 0) is 37.0 Å². The second kappa shape index (κ2) is 7.90. The van der Waals surface area contributed by atoms with Crippen LogP contribution in [0.1, 0.15) is 37.3 Å². The Balaban J connectivity index is 0.000000211. The molecule has 0 bridgehead atoms. The van der Waals surface area contributed by atoms with E-state index < -0.39 is 10.1 Å². The van der Waals surface area contributed by atoms with Crippen LogP contribution in [0.2, 0.25) is 0 Å². The molecule has 0 aliphatic rings. The highest BCUT2D eigenvalue weighted by molar-refractivity contribution is 7.85. The van der Waals surface area contributed by atoms with Gasteiger partial charge in [0, 0.05) is 12.1 Å². The smallest absolute Gasteiger partial charge is 0.282 e. The van der Waals surface area contributed by atoms with Gasteiger partial charge in [0.1, 0.15) is 0 Å². The van der Waals surface area contributed by atoms with Crippen LogP contribution in [0.15, 0.2) is 53.7 Å². The minimum Gasteiger partial charge on any atom is -0.282 e. The molecule has 1 aromatic heterocycles. The summed E-state index contributed by atoms with van der Waals surface area (Å²) in [4.78, 5) is 2.95. The van der Waals surface area contributed by atoms with Crippen molar-refractivity contribution in [2.45, 2.75) is 38.0 Å². The van der Waals surface area contributed by atoms with Crippen molar-refractivity contribution in [2.24, 2.45) is 0 Å². The SMILES string of the molecule is CCC(C)c1cc[nH+]cc1.Cc1ccc(S(=O)(=O)O)cc1. The minimum atomic E-state index is -4.02. The third-order valence-electron chi connectivity index (χ3n) is 3.24. The van der Waals surface area contributed by atoms with Gasteiger partial charge in [0.05, 0.1) is 4.90 Å². The van der Waals surface area contributed by atoms with Crippen LogP contribution in [0.25, 0.3) is 0 Å². The molecule has 2 aromatic rings. The number of rotatable bonds is 3. The first-order valence-corrected chi connectivity index (χ1v) is 8.28. The third-order valence-corrected chi connectivity index (χ3v) is 4.11. The maximum atomic E-state index is 10.5. The summed E-state index contributed by atoms with van der Waals surface area (Å²) in [6.07, 6.45) is 5.16. The van der Waals surface area contributed by atoms with E-state index in [-0.39, 0.29) is 4.90 Å². The molecule has 0 saturated carbocycles. The van der Waals surface area contributed by atoms with E-state index in [1.165, 1.54) is 24.1 Å². The van der Waals surface area contributed by atoms with Crippen LogP contribution in [-0.4, -0.2) is 13.0 Å². The Morgan fingerprint density at radius 3 is 2.05 bits per heavy atom. The van der Waals surface area contributed by atoms with E-state index in [1.807, 2.05) is 19.3 Å². The highest BCUT2D eigenvalue weighted by atomic mass is 32.2. The molecular formula is C16H22NO3S+. The van der Waals surface area contributed by atoms with Gasteiger partial charge in [-0.25, -0.2) is 4.98 Å². The molecule has 114 valence electrons. The lowest BCUT2D eigenvalue weighted by atomic mass is 10.0. The molecule has 2 rings (SSSR count). The number of hydrogen-bond donors (Lipinski definition) is 1. The Bertz CT molecular complexity index is 637. The molecule has 0 radical (unpaired) electrons. The quantitative estimate of drug-likeness (QED) is 0.885. The van der Waals surface area contributed by atoms with Gasteiger partial charge in [0.2, 0.25) is 0 Å². The van der Waals surface area contributed by atoms with Crippen LogP contribution in [-0.2, 0) is 10.1 Å². The number of nitrogens with one attached hydrogen (secondary N) is 1. The monoisotopic (exact) mass is 308 g/mol. The average Bonchev–Trinajstić information content (AvgIpc) is 2.47. The minimum absolute atomic E-state index is 0.0666. The van der Waals surface area contributed by atoms with Gasteiger partial charge in [-0.1, -0.05) is 31.5 Å². The van der Waals surface area contributed by atoms with Gasteiger partial charge < -0.3 is 0 Å². The maximum absolute atomic E-state index is 10.5. The van der Waals surface area contributed by atoms with E-state index in [2.05, 4.69) is 31.0 Å². The summed E-state index contributed by atoms with van der Waals surface area (Å²) in [5.41, 5.74) is 2.37. The predicted octanol–water partition coefficient (Wildman–Crippen LogP) is 3.26. The lowest BCUT2D eigenvalue weighted by molar-refractivity contribution is -0.378. The van der Waals surface area contributed by atoms with E-state index in [0.717, 1.165) is 5.56 Å². The number of pyridine rings is 1. The molecule has 0 spiro atoms. The second-order valence-electron chi connectivity index (χ2n) is 4.93. The first-order chi connectivity index (χ1) is 9.84. The summed E-state index contributed by atoms with van der Waals surface area (Å²) in [6.45, 7) is 6.30. The Kier molecular flexibility index (Phi) is 6.52. The first-order valence-electron chi connectivity index (χ1n) is 6.84. The highest BCUT2D eigenvalue weighted by Gasteiger charge is 2.06. The van der Waals surface area contributed by atoms with Crippen molar-refractivity contribution >= 4 is 10.1 Å². The van der Waals surface area contributed by atoms with Crippen molar-refractivity contribution in [3.8, 4) is 0 Å². The number of benzene rings is 1. The maximum Gasteiger partial charge on any atom is 0.294 e. The first kappa shape index (κ1) is 17.3. The molecule has 1 unspecified atom stereocenters. The molecule has 1 heterocycles. The molecule has 2 N–H and O–H groups in total. The van der Waals surface area contributed by atoms with Crippen LogP contribution in [0.5, 0.6) is 0 Å². The Morgan fingerprint density at radius 1 is 1.10 bits per heavy atom. The third kappa shape index (κ3) is 6.06. The second-order valence-corrected chi connectivity index (χ2v) is 6.35. The van der Waals surface area contributed by atoms with E-state index >= 15 is 0 Å². The van der Waals surface area contributed by atoms with Gasteiger partial charge in [-0.3, -0.25) is 4.55 Å². The van der Waals surface area contributed by atoms with Crippen molar-refractivity contribution < 1.29 is 18.0 Å². The molecule has 1 aromatic carbocycles. The molecule has 21 heavy (non-hydrogen) atoms. The van der Waals surface area contributed by atoms with E-state index in [1.54, 1.807) is 12.1 Å². The fourth-order valence-electron chi connectivity index (χ4n) is 1.67. The van der Waals surface area contributed by atoms with Crippen LogP contribution >= 0.6 is 0 Å². The zero-order chi connectivity index (χ0) is 15.9. The lowest BCUT2D eigenvalue weighted by Crippen LogP contribution is -2.00. The van der Waals surface area contributed by atoms with Gasteiger partial charge in [-0.15, -0.1) is 0 Å². The molecule has 0 aliphatic heterocycles. The fraction of sp³-hybridized carbons (Fsp3) is 0.312. The van der Waals surface area contributed by atoms with E-state index in [4.69, 9.17) is 4.55 Å². The Labute approximate surface area is 126 Å². The molecule has 0 amide bonds. The average molecular weight is 308 g/mol. The Morgan fingerprint density at radius 2 is 1.62 bits per heavy atom. The zero-order valence-corrected chi connectivity index (χ0v) is 13.4. The van der Waals surface area contributed by atoms with Crippen LogP contribution in [0.4, 0.5) is 0 Å². The van der Waals surface area contributed by atoms with E-state index in [0.29, 0.717) is 5.92 Å². The summed E-state index contributed by atoms with van der Waals surface area (Å²) in [6, 6.07) is 10.3. The molecule has 0 saturated heterocycles. The predicted molar refractivity (Wildman–Crippen MR) is 82.7 cm³/mol. The number of H-pyrrole nitrogens is 1. The summed E-state index contributed by atoms with van der Waals surface area (Å²) in [5, 5.41) is 0. The number of aryl methyl sites for hydroxylation is 1. The number of aromatic amines is 1. The van der Waals surface area contributed by atoms with Crippen LogP contribution in [0.3, 0.4) is 0 Å². The normalized spacial score (nSPS) is 12.2. The van der Waals surface area contributed by atoms with Crippen molar-refractivity contribution in [2.75, 3.05) is 0 Å².